The van der Waals surface area contributed by atoms with E-state index in [4.69, 9.17) is 4.52 Å². The van der Waals surface area contributed by atoms with Gasteiger partial charge >= 0.3 is 0 Å². The Morgan fingerprint density at radius 2 is 2.04 bits per heavy atom. The van der Waals surface area contributed by atoms with Gasteiger partial charge in [-0.25, -0.2) is 4.39 Å². The molecule has 0 spiro atoms. The van der Waals surface area contributed by atoms with Crippen LogP contribution in [0, 0.1) is 19.7 Å². The molecule has 0 saturated heterocycles. The Morgan fingerprint density at radius 1 is 1.28 bits per heavy atom. The molecule has 2 heterocycles. The lowest BCUT2D eigenvalue weighted by molar-refractivity contribution is -0.121. The highest BCUT2D eigenvalue weighted by Gasteiger charge is 2.19. The molecule has 0 saturated carbocycles. The highest BCUT2D eigenvalue weighted by atomic mass is 32.1. The van der Waals surface area contributed by atoms with Gasteiger partial charge in [-0.1, -0.05) is 23.4 Å². The molecule has 0 aliphatic carbocycles. The molecule has 2 aromatic heterocycles. The van der Waals surface area contributed by atoms with Gasteiger partial charge in [-0.05, 0) is 49.4 Å². The van der Waals surface area contributed by atoms with Crippen LogP contribution in [0.2, 0.25) is 0 Å². The maximum atomic E-state index is 13.2. The van der Waals surface area contributed by atoms with Crippen LogP contribution in [0.25, 0.3) is 0 Å². The molecular weight excluding hydrogens is 339 g/mol. The second kappa shape index (κ2) is 7.61. The number of benzene rings is 1. The highest BCUT2D eigenvalue weighted by molar-refractivity contribution is 7.10. The third-order valence-corrected chi connectivity index (χ3v) is 5.06. The number of aromatic nitrogens is 1. The van der Waals surface area contributed by atoms with E-state index in [2.05, 4.69) is 10.5 Å². The monoisotopic (exact) mass is 358 g/mol. The summed E-state index contributed by atoms with van der Waals surface area (Å²) in [7, 11) is 0. The van der Waals surface area contributed by atoms with Crippen molar-refractivity contribution in [1.29, 1.82) is 0 Å². The Bertz CT molecular complexity index is 821. The van der Waals surface area contributed by atoms with Gasteiger partial charge in [-0.2, -0.15) is 0 Å². The predicted octanol–water partition coefficient (Wildman–Crippen LogP) is 4.33. The van der Waals surface area contributed by atoms with Gasteiger partial charge in [0.2, 0.25) is 5.91 Å². The number of amides is 1. The van der Waals surface area contributed by atoms with Crippen LogP contribution >= 0.6 is 11.3 Å². The largest absolute Gasteiger partial charge is 0.361 e. The van der Waals surface area contributed by atoms with E-state index in [1.165, 1.54) is 12.1 Å². The maximum absolute atomic E-state index is 13.2. The van der Waals surface area contributed by atoms with Crippen molar-refractivity contribution in [1.82, 2.24) is 10.5 Å². The van der Waals surface area contributed by atoms with Crippen LogP contribution < -0.4 is 5.32 Å². The van der Waals surface area contributed by atoms with Crippen LogP contribution in [-0.2, 0) is 11.2 Å². The number of nitrogens with zero attached hydrogens (tertiary/aromatic N) is 1. The molecule has 130 valence electrons. The zero-order valence-corrected chi connectivity index (χ0v) is 14.9. The van der Waals surface area contributed by atoms with Crippen molar-refractivity contribution in [3.8, 4) is 0 Å². The van der Waals surface area contributed by atoms with Gasteiger partial charge in [0.05, 0.1) is 11.7 Å². The van der Waals surface area contributed by atoms with E-state index in [1.807, 2.05) is 31.4 Å². The normalized spacial score (nSPS) is 12.1. The van der Waals surface area contributed by atoms with E-state index < -0.39 is 0 Å². The molecule has 4 nitrogen and oxygen atoms in total. The molecule has 0 aliphatic heterocycles. The minimum atomic E-state index is -0.293. The number of rotatable bonds is 6. The Morgan fingerprint density at radius 3 is 2.64 bits per heavy atom. The third-order valence-electron chi connectivity index (χ3n) is 4.12. The van der Waals surface area contributed by atoms with Gasteiger partial charge < -0.3 is 9.84 Å². The van der Waals surface area contributed by atoms with Gasteiger partial charge in [-0.3, -0.25) is 4.79 Å². The Kier molecular flexibility index (Phi) is 5.28. The Labute approximate surface area is 149 Å². The number of carbonyl (C=O) groups is 1. The predicted molar refractivity (Wildman–Crippen MR) is 95.0 cm³/mol. The summed E-state index contributed by atoms with van der Waals surface area (Å²) in [6, 6.07) is 9.85. The molecule has 0 bridgehead atoms. The van der Waals surface area contributed by atoms with Crippen LogP contribution in [0.3, 0.4) is 0 Å². The lowest BCUT2D eigenvalue weighted by Crippen LogP contribution is -2.29. The van der Waals surface area contributed by atoms with Gasteiger partial charge in [0.25, 0.3) is 0 Å². The highest BCUT2D eigenvalue weighted by Crippen LogP contribution is 2.26. The van der Waals surface area contributed by atoms with Gasteiger partial charge in [0.1, 0.15) is 11.6 Å². The number of carbonyl (C=O) groups excluding carboxylic acids is 1. The number of hydrogen-bond donors (Lipinski definition) is 1. The fourth-order valence-electron chi connectivity index (χ4n) is 2.76. The molecule has 1 aromatic carbocycles. The summed E-state index contributed by atoms with van der Waals surface area (Å²) < 4.78 is 18.3. The van der Waals surface area contributed by atoms with Crippen LogP contribution in [0.15, 0.2) is 46.3 Å². The maximum Gasteiger partial charge on any atom is 0.221 e. The lowest BCUT2D eigenvalue weighted by atomic mass is 10.0. The van der Waals surface area contributed by atoms with Crippen molar-refractivity contribution in [3.05, 3.63) is 75.1 Å². The van der Waals surface area contributed by atoms with Gasteiger partial charge in [0.15, 0.2) is 0 Å². The van der Waals surface area contributed by atoms with Crippen molar-refractivity contribution in [2.45, 2.75) is 32.7 Å². The average molecular weight is 358 g/mol. The fourth-order valence-corrected chi connectivity index (χ4v) is 3.56. The zero-order chi connectivity index (χ0) is 17.8. The van der Waals surface area contributed by atoms with E-state index in [0.29, 0.717) is 12.8 Å². The number of thiophene rings is 1. The quantitative estimate of drug-likeness (QED) is 0.713. The zero-order valence-electron chi connectivity index (χ0n) is 14.1. The number of nitrogens with one attached hydrogen (secondary N) is 1. The summed E-state index contributed by atoms with van der Waals surface area (Å²) >= 11 is 1.56. The lowest BCUT2D eigenvalue weighted by Gasteiger charge is -2.18. The van der Waals surface area contributed by atoms with Crippen molar-refractivity contribution in [3.63, 3.8) is 0 Å². The van der Waals surface area contributed by atoms with E-state index in [9.17, 15) is 9.18 Å². The first-order valence-electron chi connectivity index (χ1n) is 8.04. The van der Waals surface area contributed by atoms with E-state index >= 15 is 0 Å². The molecule has 0 aliphatic rings. The molecule has 1 amide bonds. The van der Waals surface area contributed by atoms with Crippen molar-refractivity contribution < 1.29 is 13.7 Å². The summed E-state index contributed by atoms with van der Waals surface area (Å²) in [6.07, 6.45) is 0.916. The first-order valence-corrected chi connectivity index (χ1v) is 8.92. The SMILES string of the molecule is Cc1noc(C)c1CCC(=O)NC(c1ccc(F)cc1)c1cccs1. The van der Waals surface area contributed by atoms with Crippen molar-refractivity contribution in [2.24, 2.45) is 0 Å². The van der Waals surface area contributed by atoms with Crippen LogP contribution in [-0.4, -0.2) is 11.1 Å². The summed E-state index contributed by atoms with van der Waals surface area (Å²) in [6.45, 7) is 3.72. The Hall–Kier alpha value is -2.47. The minimum absolute atomic E-state index is 0.0669. The summed E-state index contributed by atoms with van der Waals surface area (Å²) in [5, 5.41) is 8.93. The van der Waals surface area contributed by atoms with Crippen molar-refractivity contribution in [2.75, 3.05) is 0 Å². The summed E-state index contributed by atoms with van der Waals surface area (Å²) in [5.74, 6) is 0.389. The second-order valence-corrected chi connectivity index (χ2v) is 6.85. The number of hydrogen-bond acceptors (Lipinski definition) is 4. The van der Waals surface area contributed by atoms with Gasteiger partial charge in [-0.15, -0.1) is 11.3 Å². The minimum Gasteiger partial charge on any atom is -0.361 e. The van der Waals surface area contributed by atoms with E-state index in [0.717, 1.165) is 27.5 Å². The second-order valence-electron chi connectivity index (χ2n) is 5.87. The first kappa shape index (κ1) is 17.4. The molecule has 3 aromatic rings. The summed E-state index contributed by atoms with van der Waals surface area (Å²) in [5.41, 5.74) is 2.65. The first-order chi connectivity index (χ1) is 12.0. The summed E-state index contributed by atoms with van der Waals surface area (Å²) in [4.78, 5) is 13.5. The molecule has 3 rings (SSSR count). The topological polar surface area (TPSA) is 55.1 Å². The number of aryl methyl sites for hydroxylation is 2. The molecule has 1 atom stereocenters. The Balaban J connectivity index is 1.72. The molecular formula is C19H19FN2O2S. The van der Waals surface area contributed by atoms with E-state index in [1.54, 1.807) is 23.5 Å². The van der Waals surface area contributed by atoms with Crippen molar-refractivity contribution >= 4 is 17.2 Å². The standard InChI is InChI=1S/C19H19FN2O2S/c1-12-16(13(2)24-22-12)9-10-18(23)21-19(17-4-3-11-25-17)14-5-7-15(20)8-6-14/h3-8,11,19H,9-10H2,1-2H3,(H,21,23). The average Bonchev–Trinajstić information content (AvgIpc) is 3.23. The third kappa shape index (κ3) is 4.14. The fraction of sp³-hybridized carbons (Fsp3) is 0.263. The molecule has 0 radical (unpaired) electrons. The molecule has 25 heavy (non-hydrogen) atoms. The van der Waals surface area contributed by atoms with Crippen LogP contribution in [0.1, 0.15) is 39.9 Å². The molecule has 1 N–H and O–H groups in total. The van der Waals surface area contributed by atoms with Crippen LogP contribution in [0.4, 0.5) is 4.39 Å². The smallest absolute Gasteiger partial charge is 0.221 e. The molecule has 1 unspecified atom stereocenters. The van der Waals surface area contributed by atoms with E-state index in [-0.39, 0.29) is 17.8 Å². The number of halogens is 1. The molecule has 6 heteroatoms. The van der Waals surface area contributed by atoms with Crippen LogP contribution in [0.5, 0.6) is 0 Å². The van der Waals surface area contributed by atoms with Gasteiger partial charge in [0, 0.05) is 16.9 Å². The molecule has 0 fully saturated rings.